The predicted octanol–water partition coefficient (Wildman–Crippen LogP) is 4.32. The number of hydrogen-bond donors (Lipinski definition) is 0. The topological polar surface area (TPSA) is 35.5 Å². The van der Waals surface area contributed by atoms with Crippen molar-refractivity contribution in [2.75, 3.05) is 0 Å². The molecular weight excluding hydrogens is 240 g/mol. The molecule has 3 heteroatoms. The number of carbonyl (C=O) groups excluding carboxylic acids is 1. The molecule has 0 heterocycles. The van der Waals surface area contributed by atoms with Crippen molar-refractivity contribution in [1.29, 1.82) is 0 Å². The van der Waals surface area contributed by atoms with Gasteiger partial charge in [0.25, 0.3) is 0 Å². The fraction of sp³-hybridized carbons (Fsp3) is 0.812. The highest BCUT2D eigenvalue weighted by atomic mass is 16.7. The van der Waals surface area contributed by atoms with E-state index in [1.54, 1.807) is 0 Å². The Morgan fingerprint density at radius 1 is 1.16 bits per heavy atom. The average Bonchev–Trinajstić information content (AvgIpc) is 2.81. The summed E-state index contributed by atoms with van der Waals surface area (Å²) in [6.07, 6.45) is 8.67. The largest absolute Gasteiger partial charge is 0.508 e. The van der Waals surface area contributed by atoms with Crippen LogP contribution in [-0.4, -0.2) is 18.4 Å². The summed E-state index contributed by atoms with van der Waals surface area (Å²) in [6.45, 7) is 6.66. The zero-order chi connectivity index (χ0) is 13.8. The summed E-state index contributed by atoms with van der Waals surface area (Å²) in [5.41, 5.74) is 0. The Kier molecular flexibility index (Phi) is 4.89. The van der Waals surface area contributed by atoms with Gasteiger partial charge in [0, 0.05) is 12.8 Å². The summed E-state index contributed by atoms with van der Waals surface area (Å²) in [5, 5.41) is 0. The SMILES string of the molecule is CC(C)[C@@H]1CC[C@@H](C)C[C@H]1OC(=O)OC1CC=CC1. The van der Waals surface area contributed by atoms with Gasteiger partial charge in [0.2, 0.25) is 0 Å². The summed E-state index contributed by atoms with van der Waals surface area (Å²) in [7, 11) is 0. The summed E-state index contributed by atoms with van der Waals surface area (Å²) >= 11 is 0. The Labute approximate surface area is 116 Å². The van der Waals surface area contributed by atoms with Gasteiger partial charge in [-0.1, -0.05) is 39.3 Å². The Morgan fingerprint density at radius 3 is 2.47 bits per heavy atom. The maximum absolute atomic E-state index is 11.9. The van der Waals surface area contributed by atoms with Crippen LogP contribution in [0.5, 0.6) is 0 Å². The van der Waals surface area contributed by atoms with E-state index in [1.807, 2.05) is 0 Å². The van der Waals surface area contributed by atoms with Crippen molar-refractivity contribution < 1.29 is 14.3 Å². The highest BCUT2D eigenvalue weighted by molar-refractivity contribution is 5.60. The summed E-state index contributed by atoms with van der Waals surface area (Å²) in [4.78, 5) is 11.9. The molecule has 0 bridgehead atoms. The average molecular weight is 266 g/mol. The van der Waals surface area contributed by atoms with E-state index in [0.717, 1.165) is 25.7 Å². The van der Waals surface area contributed by atoms with Gasteiger partial charge in [-0.05, 0) is 30.6 Å². The molecule has 0 radical (unpaired) electrons. The lowest BCUT2D eigenvalue weighted by Crippen LogP contribution is -2.36. The zero-order valence-electron chi connectivity index (χ0n) is 12.3. The van der Waals surface area contributed by atoms with Crippen LogP contribution in [0.15, 0.2) is 12.2 Å². The fourth-order valence-corrected chi connectivity index (χ4v) is 3.23. The Morgan fingerprint density at radius 2 is 1.84 bits per heavy atom. The van der Waals surface area contributed by atoms with Crippen LogP contribution < -0.4 is 0 Å². The number of rotatable bonds is 3. The van der Waals surface area contributed by atoms with Crippen LogP contribution in [0, 0.1) is 17.8 Å². The normalized spacial score (nSPS) is 31.7. The van der Waals surface area contributed by atoms with Crippen LogP contribution in [0.2, 0.25) is 0 Å². The van der Waals surface area contributed by atoms with Gasteiger partial charge in [-0.2, -0.15) is 0 Å². The van der Waals surface area contributed by atoms with Crippen molar-refractivity contribution in [3.05, 3.63) is 12.2 Å². The molecule has 2 aliphatic carbocycles. The second kappa shape index (κ2) is 6.44. The lowest BCUT2D eigenvalue weighted by molar-refractivity contribution is -0.0434. The van der Waals surface area contributed by atoms with Crippen LogP contribution in [0.4, 0.5) is 4.79 Å². The van der Waals surface area contributed by atoms with Crippen molar-refractivity contribution >= 4 is 6.16 Å². The lowest BCUT2D eigenvalue weighted by atomic mass is 9.75. The third-order valence-corrected chi connectivity index (χ3v) is 4.44. The molecule has 0 N–H and O–H groups in total. The monoisotopic (exact) mass is 266 g/mol. The smallest absolute Gasteiger partial charge is 0.431 e. The molecule has 0 aromatic rings. The van der Waals surface area contributed by atoms with Crippen LogP contribution >= 0.6 is 0 Å². The summed E-state index contributed by atoms with van der Waals surface area (Å²) in [6, 6.07) is 0. The van der Waals surface area contributed by atoms with Crippen molar-refractivity contribution in [1.82, 2.24) is 0 Å². The molecule has 19 heavy (non-hydrogen) atoms. The van der Waals surface area contributed by atoms with Crippen molar-refractivity contribution in [3.63, 3.8) is 0 Å². The number of ether oxygens (including phenoxy) is 2. The van der Waals surface area contributed by atoms with E-state index in [1.165, 1.54) is 6.42 Å². The Balaban J connectivity index is 1.85. The standard InChI is InChI=1S/C16H26O3/c1-11(2)14-9-8-12(3)10-15(14)19-16(17)18-13-6-4-5-7-13/h4-5,11-15H,6-10H2,1-3H3/t12-,14+,15-/m1/s1. The first kappa shape index (κ1) is 14.4. The Bertz CT molecular complexity index is 327. The first-order chi connectivity index (χ1) is 9.06. The molecule has 1 fully saturated rings. The van der Waals surface area contributed by atoms with Gasteiger partial charge >= 0.3 is 6.16 Å². The van der Waals surface area contributed by atoms with Crippen LogP contribution in [0.1, 0.15) is 52.9 Å². The van der Waals surface area contributed by atoms with E-state index < -0.39 is 6.16 Å². The lowest BCUT2D eigenvalue weighted by Gasteiger charge is -2.36. The van der Waals surface area contributed by atoms with Crippen molar-refractivity contribution in [2.45, 2.75) is 65.1 Å². The molecule has 3 nitrogen and oxygen atoms in total. The molecular formula is C16H26O3. The van der Waals surface area contributed by atoms with E-state index in [2.05, 4.69) is 32.9 Å². The molecule has 1 saturated carbocycles. The van der Waals surface area contributed by atoms with Gasteiger partial charge < -0.3 is 9.47 Å². The first-order valence-electron chi connectivity index (χ1n) is 7.58. The zero-order valence-corrected chi connectivity index (χ0v) is 12.3. The number of carbonyl (C=O) groups is 1. The van der Waals surface area contributed by atoms with Crippen LogP contribution in [0.3, 0.4) is 0 Å². The molecule has 0 saturated heterocycles. The summed E-state index contributed by atoms with van der Waals surface area (Å²) in [5.74, 6) is 1.67. The Hall–Kier alpha value is -0.990. The molecule has 2 rings (SSSR count). The highest BCUT2D eigenvalue weighted by Crippen LogP contribution is 2.35. The molecule has 0 unspecified atom stereocenters. The second-order valence-electron chi connectivity index (χ2n) is 6.42. The number of hydrogen-bond acceptors (Lipinski definition) is 3. The molecule has 108 valence electrons. The van der Waals surface area contributed by atoms with Gasteiger partial charge in [-0.3, -0.25) is 0 Å². The van der Waals surface area contributed by atoms with E-state index >= 15 is 0 Å². The van der Waals surface area contributed by atoms with E-state index in [0.29, 0.717) is 17.8 Å². The van der Waals surface area contributed by atoms with Gasteiger partial charge in [0.1, 0.15) is 12.2 Å². The van der Waals surface area contributed by atoms with Crippen molar-refractivity contribution in [3.8, 4) is 0 Å². The maximum atomic E-state index is 11.9. The third-order valence-electron chi connectivity index (χ3n) is 4.44. The van der Waals surface area contributed by atoms with E-state index in [4.69, 9.17) is 9.47 Å². The fourth-order valence-electron chi connectivity index (χ4n) is 3.23. The highest BCUT2D eigenvalue weighted by Gasteiger charge is 2.34. The minimum atomic E-state index is -0.474. The third kappa shape index (κ3) is 3.99. The molecule has 0 aromatic heterocycles. The molecule has 0 aliphatic heterocycles. The summed E-state index contributed by atoms with van der Waals surface area (Å²) < 4.78 is 11.0. The maximum Gasteiger partial charge on any atom is 0.508 e. The first-order valence-corrected chi connectivity index (χ1v) is 7.58. The van der Waals surface area contributed by atoms with Crippen molar-refractivity contribution in [2.24, 2.45) is 17.8 Å². The second-order valence-corrected chi connectivity index (χ2v) is 6.42. The van der Waals surface area contributed by atoms with E-state index in [-0.39, 0.29) is 12.2 Å². The predicted molar refractivity (Wildman–Crippen MR) is 74.9 cm³/mol. The minimum absolute atomic E-state index is 0.00832. The van der Waals surface area contributed by atoms with E-state index in [9.17, 15) is 4.79 Å². The minimum Gasteiger partial charge on any atom is -0.431 e. The van der Waals surface area contributed by atoms with Gasteiger partial charge in [-0.15, -0.1) is 0 Å². The molecule has 0 amide bonds. The molecule has 3 atom stereocenters. The molecule has 0 spiro atoms. The van der Waals surface area contributed by atoms with Gasteiger partial charge in [-0.25, -0.2) is 4.79 Å². The van der Waals surface area contributed by atoms with Crippen LogP contribution in [0.25, 0.3) is 0 Å². The quantitative estimate of drug-likeness (QED) is 0.563. The van der Waals surface area contributed by atoms with Gasteiger partial charge in [0.15, 0.2) is 0 Å². The van der Waals surface area contributed by atoms with Gasteiger partial charge in [0.05, 0.1) is 0 Å². The molecule has 0 aromatic carbocycles. The van der Waals surface area contributed by atoms with Crippen LogP contribution in [-0.2, 0) is 9.47 Å². The molecule has 2 aliphatic rings.